The van der Waals surface area contributed by atoms with Crippen LogP contribution in [0.4, 0.5) is 0 Å². The number of hydrogen-bond acceptors (Lipinski definition) is 4. The number of para-hydroxylation sites is 1. The molecule has 1 atom stereocenters. The van der Waals surface area contributed by atoms with Crippen molar-refractivity contribution in [3.05, 3.63) is 59.3 Å². The van der Waals surface area contributed by atoms with E-state index in [1.165, 1.54) is 0 Å². The summed E-state index contributed by atoms with van der Waals surface area (Å²) >= 11 is 0. The van der Waals surface area contributed by atoms with E-state index in [2.05, 4.69) is 22.2 Å². The van der Waals surface area contributed by atoms with Crippen molar-refractivity contribution >= 4 is 33.7 Å². The number of piperidine rings is 1. The van der Waals surface area contributed by atoms with Crippen molar-refractivity contribution in [2.45, 2.75) is 38.1 Å². The van der Waals surface area contributed by atoms with Gasteiger partial charge in [-0.25, -0.2) is 0 Å². The van der Waals surface area contributed by atoms with Gasteiger partial charge in [0, 0.05) is 34.0 Å². The van der Waals surface area contributed by atoms with E-state index in [4.69, 9.17) is 10.2 Å². The van der Waals surface area contributed by atoms with E-state index in [1.54, 1.807) is 6.07 Å². The third-order valence-corrected chi connectivity index (χ3v) is 7.73. The van der Waals surface area contributed by atoms with E-state index in [1.807, 2.05) is 36.4 Å². The zero-order valence-corrected chi connectivity index (χ0v) is 19.9. The number of nitrogens with two attached hydrogens (primary N) is 1. The van der Waals surface area contributed by atoms with E-state index in [0.717, 1.165) is 83.2 Å². The highest BCUT2D eigenvalue weighted by Gasteiger charge is 2.31. The molecule has 1 unspecified atom stereocenters. The van der Waals surface area contributed by atoms with Crippen LogP contribution in [0, 0.1) is 5.92 Å². The lowest BCUT2D eigenvalue weighted by molar-refractivity contribution is -0.126. The van der Waals surface area contributed by atoms with Gasteiger partial charge in [0.05, 0.1) is 11.1 Å². The molecule has 4 N–H and O–H groups in total. The minimum absolute atomic E-state index is 0.0816. The molecule has 7 nitrogen and oxygen atoms in total. The number of fused-ring (bicyclic) bond motifs is 4. The van der Waals surface area contributed by atoms with Crippen LogP contribution in [0.1, 0.15) is 40.9 Å². The molecule has 1 aliphatic carbocycles. The number of aromatic nitrogens is 1. The Morgan fingerprint density at radius 1 is 1.11 bits per heavy atom. The highest BCUT2D eigenvalue weighted by Crippen LogP contribution is 2.40. The molecule has 0 saturated carbocycles. The summed E-state index contributed by atoms with van der Waals surface area (Å²) in [6.45, 7) is 2.03. The standard InChI is InChI=1S/C28H30N4O3/c1-32-12-10-18(11-13-32)30-28(34)17-6-7-19-22(14-17)31-26-21(27(29)33)9-8-20(25(19)26)24-15-16-4-2-3-5-23(16)35-24/h2-5,8-9,15,17-18,31H,6-7,10-14H2,1H3,(H2,29,33)(H,30,34). The van der Waals surface area contributed by atoms with Gasteiger partial charge in [0.15, 0.2) is 0 Å². The van der Waals surface area contributed by atoms with Gasteiger partial charge in [0.1, 0.15) is 11.3 Å². The van der Waals surface area contributed by atoms with Crippen LogP contribution >= 0.6 is 0 Å². The maximum Gasteiger partial charge on any atom is 0.250 e. The van der Waals surface area contributed by atoms with Crippen LogP contribution in [0.5, 0.6) is 0 Å². The molecule has 1 saturated heterocycles. The Labute approximate surface area is 203 Å². The Bertz CT molecular complexity index is 1410. The van der Waals surface area contributed by atoms with Crippen LogP contribution in [0.3, 0.4) is 0 Å². The first kappa shape index (κ1) is 21.9. The van der Waals surface area contributed by atoms with Crippen LogP contribution in [0.25, 0.3) is 33.2 Å². The molecular weight excluding hydrogens is 440 g/mol. The summed E-state index contributed by atoms with van der Waals surface area (Å²) in [5.41, 5.74) is 10.9. The molecule has 6 rings (SSSR count). The van der Waals surface area contributed by atoms with Gasteiger partial charge in [-0.05, 0) is 82.1 Å². The van der Waals surface area contributed by atoms with Crippen LogP contribution in [0.15, 0.2) is 46.9 Å². The molecule has 0 spiro atoms. The Morgan fingerprint density at radius 2 is 1.91 bits per heavy atom. The number of likely N-dealkylation sites (tertiary alicyclic amines) is 1. The third kappa shape index (κ3) is 3.90. The second-order valence-electron chi connectivity index (χ2n) is 10.0. The van der Waals surface area contributed by atoms with Crippen molar-refractivity contribution in [2.24, 2.45) is 11.7 Å². The molecule has 180 valence electrons. The summed E-state index contributed by atoms with van der Waals surface area (Å²) in [6, 6.07) is 13.9. The maximum absolute atomic E-state index is 13.1. The fourth-order valence-corrected chi connectivity index (χ4v) is 5.76. The third-order valence-electron chi connectivity index (χ3n) is 7.73. The summed E-state index contributed by atoms with van der Waals surface area (Å²) < 4.78 is 6.18. The van der Waals surface area contributed by atoms with Gasteiger partial charge in [-0.3, -0.25) is 9.59 Å². The number of primary amides is 1. The Morgan fingerprint density at radius 3 is 2.69 bits per heavy atom. The number of nitrogens with zero attached hydrogens (tertiary/aromatic N) is 1. The van der Waals surface area contributed by atoms with Crippen molar-refractivity contribution in [3.8, 4) is 11.3 Å². The number of furan rings is 1. The Balaban J connectivity index is 1.35. The number of carbonyl (C=O) groups is 2. The molecule has 1 fully saturated rings. The van der Waals surface area contributed by atoms with Crippen LogP contribution < -0.4 is 11.1 Å². The fraction of sp³-hybridized carbons (Fsp3) is 0.357. The topological polar surface area (TPSA) is 104 Å². The molecule has 2 aromatic carbocycles. The number of benzene rings is 2. The average Bonchev–Trinajstić information content (AvgIpc) is 3.46. The number of rotatable bonds is 4. The molecule has 0 bridgehead atoms. The minimum Gasteiger partial charge on any atom is -0.456 e. The predicted octanol–water partition coefficient (Wildman–Crippen LogP) is 4.00. The molecule has 7 heteroatoms. The van der Waals surface area contributed by atoms with E-state index in [9.17, 15) is 9.59 Å². The van der Waals surface area contributed by atoms with Gasteiger partial charge in [-0.2, -0.15) is 0 Å². The SMILES string of the molecule is CN1CCC(NC(=O)C2CCc3c([nH]c4c(C(N)=O)ccc(-c5cc6ccccc6o5)c34)C2)CC1. The van der Waals surface area contributed by atoms with E-state index in [-0.39, 0.29) is 17.9 Å². The largest absolute Gasteiger partial charge is 0.456 e. The van der Waals surface area contributed by atoms with Crippen LogP contribution in [0.2, 0.25) is 0 Å². The summed E-state index contributed by atoms with van der Waals surface area (Å²) in [7, 11) is 2.12. The van der Waals surface area contributed by atoms with Crippen LogP contribution in [-0.2, 0) is 17.6 Å². The van der Waals surface area contributed by atoms with Gasteiger partial charge in [-0.1, -0.05) is 18.2 Å². The molecule has 35 heavy (non-hydrogen) atoms. The number of aryl methyl sites for hydroxylation is 1. The van der Waals surface area contributed by atoms with Crippen molar-refractivity contribution in [1.29, 1.82) is 0 Å². The maximum atomic E-state index is 13.1. The summed E-state index contributed by atoms with van der Waals surface area (Å²) in [5, 5.41) is 5.30. The van der Waals surface area contributed by atoms with Gasteiger partial charge in [0.2, 0.25) is 5.91 Å². The molecule has 2 aromatic heterocycles. The lowest BCUT2D eigenvalue weighted by Gasteiger charge is -2.31. The van der Waals surface area contributed by atoms with E-state index < -0.39 is 5.91 Å². The number of nitrogens with one attached hydrogen (secondary N) is 2. The smallest absolute Gasteiger partial charge is 0.250 e. The van der Waals surface area contributed by atoms with E-state index >= 15 is 0 Å². The number of H-pyrrole nitrogens is 1. The monoisotopic (exact) mass is 470 g/mol. The predicted molar refractivity (Wildman–Crippen MR) is 136 cm³/mol. The fourth-order valence-electron chi connectivity index (χ4n) is 5.76. The second kappa shape index (κ2) is 8.57. The number of carbonyl (C=O) groups excluding carboxylic acids is 2. The molecule has 1 aliphatic heterocycles. The van der Waals surface area contributed by atoms with Gasteiger partial charge >= 0.3 is 0 Å². The second-order valence-corrected chi connectivity index (χ2v) is 10.0. The quantitative estimate of drug-likeness (QED) is 0.419. The molecular formula is C28H30N4O3. The number of amides is 2. The van der Waals surface area contributed by atoms with Gasteiger partial charge < -0.3 is 25.4 Å². The first-order chi connectivity index (χ1) is 17.0. The minimum atomic E-state index is -0.471. The van der Waals surface area contributed by atoms with Gasteiger partial charge in [-0.15, -0.1) is 0 Å². The van der Waals surface area contributed by atoms with Gasteiger partial charge in [0.25, 0.3) is 5.91 Å². The zero-order valence-electron chi connectivity index (χ0n) is 19.9. The lowest BCUT2D eigenvalue weighted by atomic mass is 9.85. The number of hydrogen-bond donors (Lipinski definition) is 3. The Kier molecular flexibility index (Phi) is 5.37. The molecule has 4 aromatic rings. The van der Waals surface area contributed by atoms with Crippen molar-refractivity contribution in [3.63, 3.8) is 0 Å². The first-order valence-corrected chi connectivity index (χ1v) is 12.4. The first-order valence-electron chi connectivity index (χ1n) is 12.4. The molecule has 0 radical (unpaired) electrons. The average molecular weight is 471 g/mol. The molecule has 3 heterocycles. The highest BCUT2D eigenvalue weighted by molar-refractivity contribution is 6.10. The van der Waals surface area contributed by atoms with Crippen LogP contribution in [-0.4, -0.2) is 47.9 Å². The number of aromatic amines is 1. The Hall–Kier alpha value is -3.58. The van der Waals surface area contributed by atoms with E-state index in [0.29, 0.717) is 12.0 Å². The van der Waals surface area contributed by atoms with Crippen molar-refractivity contribution < 1.29 is 14.0 Å². The van der Waals surface area contributed by atoms with Crippen molar-refractivity contribution in [2.75, 3.05) is 20.1 Å². The molecule has 2 aliphatic rings. The van der Waals surface area contributed by atoms with Crippen molar-refractivity contribution in [1.82, 2.24) is 15.2 Å². The lowest BCUT2D eigenvalue weighted by Crippen LogP contribution is -2.46. The summed E-state index contributed by atoms with van der Waals surface area (Å²) in [6.07, 6.45) is 4.15. The highest BCUT2D eigenvalue weighted by atomic mass is 16.3. The summed E-state index contributed by atoms with van der Waals surface area (Å²) in [5.74, 6) is 0.343. The zero-order chi connectivity index (χ0) is 24.1. The normalized spacial score (nSPS) is 19.2. The summed E-state index contributed by atoms with van der Waals surface area (Å²) in [4.78, 5) is 31.1. The molecule has 2 amide bonds.